The number of nitrogens with zero attached hydrogens (tertiary/aromatic N) is 7. The summed E-state index contributed by atoms with van der Waals surface area (Å²) in [5.41, 5.74) is 8.59. The van der Waals surface area contributed by atoms with Gasteiger partial charge in [-0.05, 0) is 24.1 Å². The van der Waals surface area contributed by atoms with E-state index in [9.17, 15) is 13.6 Å². The Bertz CT molecular complexity index is 1440. The van der Waals surface area contributed by atoms with E-state index in [0.29, 0.717) is 39.1 Å². The van der Waals surface area contributed by atoms with Gasteiger partial charge in [-0.1, -0.05) is 6.92 Å². The quantitative estimate of drug-likeness (QED) is 0.437. The van der Waals surface area contributed by atoms with Crippen molar-refractivity contribution in [2.24, 2.45) is 11.7 Å². The van der Waals surface area contributed by atoms with Gasteiger partial charge in [0.1, 0.15) is 11.9 Å². The molecule has 1 aliphatic heterocycles. The molecule has 4 aromatic heterocycles. The summed E-state index contributed by atoms with van der Waals surface area (Å²) in [6.07, 6.45) is 7.22. The van der Waals surface area contributed by atoms with Gasteiger partial charge in [-0.25, -0.2) is 14.2 Å². The number of carbonyl (C=O) groups excluding carboxylic acids is 1. The second-order valence-electron chi connectivity index (χ2n) is 8.49. The number of carbonyl (C=O) groups is 1. The van der Waals surface area contributed by atoms with Crippen LogP contribution >= 0.6 is 0 Å². The maximum atomic E-state index is 13.0. The first-order valence-corrected chi connectivity index (χ1v) is 10.9. The number of nitrogens with one attached hydrogen (secondary N) is 1. The third kappa shape index (κ3) is 4.12. The molecule has 35 heavy (non-hydrogen) atoms. The highest BCUT2D eigenvalue weighted by Crippen LogP contribution is 2.32. The SMILES string of the molecule is C[C@@H]1CN(c2ccc(C#N)cn2)C[C@H]1Nc1c(C(N)=O)cnn2cc(-c3cnn(C(F)F)c3)cc12. The lowest BCUT2D eigenvalue weighted by molar-refractivity contribution is 0.0566. The van der Waals surface area contributed by atoms with Crippen LogP contribution in [0, 0.1) is 17.2 Å². The normalized spacial score (nSPS) is 17.7. The molecule has 4 aromatic rings. The number of alkyl halides is 2. The van der Waals surface area contributed by atoms with Gasteiger partial charge in [-0.3, -0.25) is 4.79 Å². The van der Waals surface area contributed by atoms with Crippen LogP contribution in [0.2, 0.25) is 0 Å². The van der Waals surface area contributed by atoms with Crippen LogP contribution in [0.3, 0.4) is 0 Å². The maximum absolute atomic E-state index is 13.0. The number of aromatic nitrogens is 5. The molecular weight excluding hydrogens is 456 g/mol. The number of primary amides is 1. The van der Waals surface area contributed by atoms with E-state index in [0.717, 1.165) is 12.4 Å². The standard InChI is InChI=1S/C23H21F2N9O/c1-13-9-32(20-3-2-14(5-26)6-28-20)12-18(13)31-21-17(22(27)35)8-30-33-10-15(4-19(21)33)16-7-29-34(11-16)23(24)25/h2-4,6-8,10-11,13,18,23,31H,9,12H2,1H3,(H2,27,35)/t13-,18-/m1/s1. The van der Waals surface area contributed by atoms with Crippen LogP contribution in [0.15, 0.2) is 49.2 Å². The van der Waals surface area contributed by atoms with Crippen molar-refractivity contribution in [2.75, 3.05) is 23.3 Å². The van der Waals surface area contributed by atoms with Crippen LogP contribution in [0.1, 0.15) is 29.4 Å². The number of hydrogen-bond donors (Lipinski definition) is 2. The van der Waals surface area contributed by atoms with Crippen molar-refractivity contribution >= 4 is 22.9 Å². The zero-order valence-corrected chi connectivity index (χ0v) is 18.6. The number of fused-ring (bicyclic) bond motifs is 1. The Kier molecular flexibility index (Phi) is 5.52. The first-order chi connectivity index (χ1) is 16.8. The van der Waals surface area contributed by atoms with Crippen molar-refractivity contribution in [2.45, 2.75) is 19.5 Å². The number of halogens is 2. The molecular formula is C23H21F2N9O. The Morgan fingerprint density at radius 2 is 2.03 bits per heavy atom. The fraction of sp³-hybridized carbons (Fsp3) is 0.261. The molecule has 5 rings (SSSR count). The Hall–Kier alpha value is -4.53. The van der Waals surface area contributed by atoms with E-state index in [1.165, 1.54) is 24.8 Å². The Balaban J connectivity index is 1.47. The van der Waals surface area contributed by atoms with Crippen molar-refractivity contribution in [3.8, 4) is 17.2 Å². The number of nitrogens with two attached hydrogens (primary N) is 1. The van der Waals surface area contributed by atoms with Gasteiger partial charge in [0.05, 0.1) is 34.7 Å². The van der Waals surface area contributed by atoms with E-state index < -0.39 is 12.5 Å². The van der Waals surface area contributed by atoms with E-state index >= 15 is 0 Å². The lowest BCUT2D eigenvalue weighted by Crippen LogP contribution is -2.30. The summed E-state index contributed by atoms with van der Waals surface area (Å²) < 4.78 is 28.1. The number of anilines is 2. The fourth-order valence-corrected chi connectivity index (χ4v) is 4.31. The fourth-order valence-electron chi connectivity index (χ4n) is 4.31. The average Bonchev–Trinajstić information content (AvgIpc) is 3.57. The second-order valence-corrected chi connectivity index (χ2v) is 8.49. The summed E-state index contributed by atoms with van der Waals surface area (Å²) in [5.74, 6) is 0.322. The Morgan fingerprint density at radius 3 is 2.69 bits per heavy atom. The van der Waals surface area contributed by atoms with Crippen LogP contribution in [-0.2, 0) is 0 Å². The Labute approximate surface area is 198 Å². The highest BCUT2D eigenvalue weighted by molar-refractivity contribution is 6.02. The van der Waals surface area contributed by atoms with Crippen LogP contribution in [0.5, 0.6) is 0 Å². The summed E-state index contributed by atoms with van der Waals surface area (Å²) in [4.78, 5) is 18.7. The molecule has 3 N–H and O–H groups in total. The van der Waals surface area contributed by atoms with E-state index in [-0.39, 0.29) is 17.5 Å². The number of pyridine rings is 1. The summed E-state index contributed by atoms with van der Waals surface area (Å²) >= 11 is 0. The molecule has 0 spiro atoms. The largest absolute Gasteiger partial charge is 0.378 e. The van der Waals surface area contributed by atoms with Crippen LogP contribution in [0.4, 0.5) is 20.3 Å². The van der Waals surface area contributed by atoms with E-state index in [4.69, 9.17) is 11.0 Å². The highest BCUT2D eigenvalue weighted by atomic mass is 19.3. The molecule has 2 atom stereocenters. The van der Waals surface area contributed by atoms with E-state index in [2.05, 4.69) is 38.4 Å². The van der Waals surface area contributed by atoms with Gasteiger partial charge in [-0.15, -0.1) is 0 Å². The lowest BCUT2D eigenvalue weighted by Gasteiger charge is -2.21. The second kappa shape index (κ2) is 8.68. The Morgan fingerprint density at radius 1 is 1.20 bits per heavy atom. The minimum absolute atomic E-state index is 0.0447. The predicted molar refractivity (Wildman–Crippen MR) is 124 cm³/mol. The summed E-state index contributed by atoms with van der Waals surface area (Å²) in [6, 6.07) is 7.31. The van der Waals surface area contributed by atoms with Crippen LogP contribution in [0.25, 0.3) is 16.6 Å². The molecule has 1 fully saturated rings. The zero-order chi connectivity index (χ0) is 24.7. The number of hydrogen-bond acceptors (Lipinski definition) is 7. The topological polar surface area (TPSA) is 130 Å². The van der Waals surface area contributed by atoms with Crippen molar-refractivity contribution in [1.82, 2.24) is 24.4 Å². The zero-order valence-electron chi connectivity index (χ0n) is 18.6. The summed E-state index contributed by atoms with van der Waals surface area (Å²) in [6.45, 7) is 0.686. The van der Waals surface area contributed by atoms with Gasteiger partial charge in [0, 0.05) is 48.8 Å². The number of nitriles is 1. The molecule has 0 aromatic carbocycles. The van der Waals surface area contributed by atoms with Crippen molar-refractivity contribution in [3.05, 3.63) is 60.3 Å². The minimum atomic E-state index is -2.74. The third-order valence-electron chi connectivity index (χ3n) is 6.18. The average molecular weight is 477 g/mol. The molecule has 0 radical (unpaired) electrons. The molecule has 0 saturated carbocycles. The molecule has 0 unspecified atom stereocenters. The van der Waals surface area contributed by atoms with E-state index in [1.807, 2.05) is 6.07 Å². The molecule has 1 aliphatic rings. The molecule has 10 nitrogen and oxygen atoms in total. The van der Waals surface area contributed by atoms with Gasteiger partial charge in [0.2, 0.25) is 0 Å². The minimum Gasteiger partial charge on any atom is -0.378 e. The van der Waals surface area contributed by atoms with Crippen LogP contribution < -0.4 is 16.0 Å². The molecule has 178 valence electrons. The monoisotopic (exact) mass is 477 g/mol. The van der Waals surface area contributed by atoms with Crippen molar-refractivity contribution in [1.29, 1.82) is 5.26 Å². The summed E-state index contributed by atoms with van der Waals surface area (Å²) in [5, 5.41) is 20.4. The molecule has 12 heteroatoms. The predicted octanol–water partition coefficient (Wildman–Crippen LogP) is 2.90. The molecule has 5 heterocycles. The molecule has 1 saturated heterocycles. The van der Waals surface area contributed by atoms with Gasteiger partial charge < -0.3 is 16.0 Å². The van der Waals surface area contributed by atoms with Gasteiger partial charge in [-0.2, -0.15) is 24.2 Å². The number of rotatable bonds is 6. The molecule has 1 amide bonds. The first-order valence-electron chi connectivity index (χ1n) is 10.9. The molecule has 0 bridgehead atoms. The number of amides is 1. The van der Waals surface area contributed by atoms with Crippen molar-refractivity contribution < 1.29 is 13.6 Å². The summed E-state index contributed by atoms with van der Waals surface area (Å²) in [7, 11) is 0. The van der Waals surface area contributed by atoms with Gasteiger partial charge in [0.25, 0.3) is 5.91 Å². The first kappa shape index (κ1) is 22.3. The maximum Gasteiger partial charge on any atom is 0.333 e. The molecule has 0 aliphatic carbocycles. The van der Waals surface area contributed by atoms with E-state index in [1.54, 1.807) is 22.8 Å². The van der Waals surface area contributed by atoms with Crippen LogP contribution in [-0.4, -0.2) is 49.4 Å². The third-order valence-corrected chi connectivity index (χ3v) is 6.18. The van der Waals surface area contributed by atoms with Crippen molar-refractivity contribution in [3.63, 3.8) is 0 Å². The van der Waals surface area contributed by atoms with Gasteiger partial charge in [0.15, 0.2) is 0 Å². The smallest absolute Gasteiger partial charge is 0.333 e. The van der Waals surface area contributed by atoms with Gasteiger partial charge >= 0.3 is 6.55 Å². The highest BCUT2D eigenvalue weighted by Gasteiger charge is 2.32. The lowest BCUT2D eigenvalue weighted by atomic mass is 10.1.